The maximum atomic E-state index is 13.1. The van der Waals surface area contributed by atoms with Crippen LogP contribution in [0.25, 0.3) is 0 Å². The van der Waals surface area contributed by atoms with Crippen molar-refractivity contribution in [3.63, 3.8) is 0 Å². The Morgan fingerprint density at radius 3 is 2.42 bits per heavy atom. The highest BCUT2D eigenvalue weighted by atomic mass is 16.4. The number of carboxylic acid groups (broad SMARTS) is 1. The van der Waals surface area contributed by atoms with Crippen LogP contribution in [0.15, 0.2) is 36.8 Å². The smallest absolute Gasteiger partial charge is 0.326 e. The number of carbonyl (C=O) groups excluding carboxylic acids is 3. The Bertz CT molecular complexity index is 1060. The second kappa shape index (κ2) is 12.1. The average molecular weight is 503 g/mol. The molecule has 2 aromatic rings. The molecule has 1 aromatic heterocycles. The first-order valence-electron chi connectivity index (χ1n) is 11.4. The molecule has 2 heterocycles. The van der Waals surface area contributed by atoms with E-state index >= 15 is 0 Å². The number of aliphatic carboxylic acids is 1. The van der Waals surface area contributed by atoms with Gasteiger partial charge < -0.3 is 41.6 Å². The summed E-state index contributed by atoms with van der Waals surface area (Å²) in [7, 11) is 0. The molecule has 0 radical (unpaired) electrons. The van der Waals surface area contributed by atoms with Gasteiger partial charge in [0, 0.05) is 24.9 Å². The summed E-state index contributed by atoms with van der Waals surface area (Å²) >= 11 is 0. The van der Waals surface area contributed by atoms with Gasteiger partial charge in [-0.05, 0) is 37.0 Å². The predicted molar refractivity (Wildman–Crippen MR) is 125 cm³/mol. The molecule has 13 nitrogen and oxygen atoms in total. The lowest BCUT2D eigenvalue weighted by Crippen LogP contribution is -2.58. The van der Waals surface area contributed by atoms with Crippen molar-refractivity contribution in [2.24, 2.45) is 5.73 Å². The number of H-pyrrole nitrogens is 1. The molecule has 13 heteroatoms. The number of rotatable bonds is 11. The van der Waals surface area contributed by atoms with E-state index in [-0.39, 0.29) is 31.6 Å². The Kier molecular flexibility index (Phi) is 8.97. The normalized spacial score (nSPS) is 17.7. The molecule has 1 aliphatic rings. The molecule has 4 unspecified atom stereocenters. The summed E-state index contributed by atoms with van der Waals surface area (Å²) in [5.41, 5.74) is 7.26. The Morgan fingerprint density at radius 2 is 1.81 bits per heavy atom. The van der Waals surface area contributed by atoms with Gasteiger partial charge in [0.2, 0.25) is 17.7 Å². The fraction of sp³-hybridized carbons (Fsp3) is 0.435. The van der Waals surface area contributed by atoms with Crippen LogP contribution in [0, 0.1) is 0 Å². The van der Waals surface area contributed by atoms with Crippen molar-refractivity contribution < 1.29 is 34.5 Å². The molecule has 1 aliphatic heterocycles. The van der Waals surface area contributed by atoms with E-state index in [1.54, 1.807) is 12.1 Å². The van der Waals surface area contributed by atoms with Crippen molar-refractivity contribution in [3.8, 4) is 5.75 Å². The third kappa shape index (κ3) is 6.79. The summed E-state index contributed by atoms with van der Waals surface area (Å²) in [4.78, 5) is 58.1. The highest BCUT2D eigenvalue weighted by Gasteiger charge is 2.38. The van der Waals surface area contributed by atoms with Crippen LogP contribution in [0.1, 0.15) is 24.1 Å². The minimum atomic E-state index is -1.38. The third-order valence-electron chi connectivity index (χ3n) is 5.96. The monoisotopic (exact) mass is 502 g/mol. The summed E-state index contributed by atoms with van der Waals surface area (Å²) in [5, 5.41) is 33.5. The number of phenols is 1. The lowest BCUT2D eigenvalue weighted by atomic mass is 10.0. The van der Waals surface area contributed by atoms with Crippen LogP contribution in [-0.4, -0.2) is 91.2 Å². The number of hydrogen-bond acceptors (Lipinski definition) is 8. The van der Waals surface area contributed by atoms with Crippen LogP contribution in [0.5, 0.6) is 5.75 Å². The van der Waals surface area contributed by atoms with Gasteiger partial charge in [-0.1, -0.05) is 12.1 Å². The Hall–Kier alpha value is -3.97. The number of aliphatic hydroxyl groups excluding tert-OH is 1. The molecule has 1 fully saturated rings. The van der Waals surface area contributed by atoms with Crippen LogP contribution in [-0.2, 0) is 32.0 Å². The van der Waals surface area contributed by atoms with Gasteiger partial charge >= 0.3 is 5.97 Å². The van der Waals surface area contributed by atoms with E-state index in [9.17, 15) is 34.5 Å². The number of aromatic nitrogens is 2. The molecular formula is C23H30N6O7. The van der Waals surface area contributed by atoms with E-state index in [1.807, 2.05) is 0 Å². The maximum absolute atomic E-state index is 13.1. The number of imidazole rings is 1. The Labute approximate surface area is 206 Å². The first-order valence-corrected chi connectivity index (χ1v) is 11.4. The van der Waals surface area contributed by atoms with E-state index < -0.39 is 54.5 Å². The Morgan fingerprint density at radius 1 is 1.11 bits per heavy atom. The SMILES string of the molecule is NC(Cc1ccc(O)cc1)C(=O)NC(Cc1cnc[nH]1)C(=O)NC(CO)C(=O)N1CCCC1C(=O)O. The van der Waals surface area contributed by atoms with Gasteiger partial charge in [0.25, 0.3) is 0 Å². The molecule has 0 saturated carbocycles. The minimum Gasteiger partial charge on any atom is -0.508 e. The van der Waals surface area contributed by atoms with E-state index in [1.165, 1.54) is 24.7 Å². The van der Waals surface area contributed by atoms with Crippen molar-refractivity contribution in [1.29, 1.82) is 0 Å². The highest BCUT2D eigenvalue weighted by Crippen LogP contribution is 2.18. The predicted octanol–water partition coefficient (Wildman–Crippen LogP) is -1.73. The number of hydrogen-bond donors (Lipinski definition) is 7. The highest BCUT2D eigenvalue weighted by molar-refractivity contribution is 5.94. The van der Waals surface area contributed by atoms with E-state index in [4.69, 9.17) is 5.73 Å². The second-order valence-electron chi connectivity index (χ2n) is 8.59. The second-order valence-corrected chi connectivity index (χ2v) is 8.59. The first-order chi connectivity index (χ1) is 17.2. The zero-order valence-corrected chi connectivity index (χ0v) is 19.5. The molecule has 0 aliphatic carbocycles. The number of phenolic OH excluding ortho intramolecular Hbond substituents is 1. The number of aromatic amines is 1. The van der Waals surface area contributed by atoms with Gasteiger partial charge in [-0.3, -0.25) is 14.4 Å². The van der Waals surface area contributed by atoms with Crippen molar-refractivity contribution in [1.82, 2.24) is 25.5 Å². The van der Waals surface area contributed by atoms with Gasteiger partial charge in [0.1, 0.15) is 23.9 Å². The summed E-state index contributed by atoms with van der Waals surface area (Å²) in [6.07, 6.45) is 3.79. The standard InChI is InChI=1S/C23H30N6O7/c24-16(8-13-3-5-15(31)6-4-13)20(32)27-17(9-14-10-25-12-26-14)21(33)28-18(11-30)22(34)29-7-1-2-19(29)23(35)36/h3-6,10,12,16-19,30-31H,1-2,7-9,11,24H2,(H,25,26)(H,27,32)(H,28,33)(H,35,36). The number of nitrogens with one attached hydrogen (secondary N) is 3. The largest absolute Gasteiger partial charge is 0.508 e. The molecule has 36 heavy (non-hydrogen) atoms. The fourth-order valence-corrected chi connectivity index (χ4v) is 4.03. The number of amides is 3. The molecule has 3 rings (SSSR count). The number of nitrogens with zero attached hydrogens (tertiary/aromatic N) is 2. The molecule has 0 bridgehead atoms. The minimum absolute atomic E-state index is 0.00267. The lowest BCUT2D eigenvalue weighted by molar-refractivity contribution is -0.150. The third-order valence-corrected chi connectivity index (χ3v) is 5.96. The molecule has 1 aromatic carbocycles. The topological polar surface area (TPSA) is 211 Å². The first kappa shape index (κ1) is 26.6. The summed E-state index contributed by atoms with van der Waals surface area (Å²) < 4.78 is 0. The number of likely N-dealkylation sites (tertiary alicyclic amines) is 1. The van der Waals surface area contributed by atoms with Crippen LogP contribution in [0.4, 0.5) is 0 Å². The van der Waals surface area contributed by atoms with Gasteiger partial charge in [0.15, 0.2) is 0 Å². The van der Waals surface area contributed by atoms with Gasteiger partial charge in [-0.25, -0.2) is 9.78 Å². The number of aliphatic hydroxyl groups is 1. The summed E-state index contributed by atoms with van der Waals surface area (Å²) in [5.74, 6) is -3.18. The van der Waals surface area contributed by atoms with E-state index in [0.717, 1.165) is 4.90 Å². The van der Waals surface area contributed by atoms with Crippen molar-refractivity contribution in [3.05, 3.63) is 48.0 Å². The van der Waals surface area contributed by atoms with Crippen LogP contribution < -0.4 is 16.4 Å². The number of carboxylic acids is 1. The number of aromatic hydroxyl groups is 1. The fourth-order valence-electron chi connectivity index (χ4n) is 4.03. The number of benzene rings is 1. The van der Waals surface area contributed by atoms with Gasteiger partial charge in [-0.15, -0.1) is 0 Å². The summed E-state index contributed by atoms with van der Waals surface area (Å²) in [6.45, 7) is -0.554. The zero-order valence-electron chi connectivity index (χ0n) is 19.5. The quantitative estimate of drug-likeness (QED) is 0.186. The van der Waals surface area contributed by atoms with E-state index in [0.29, 0.717) is 17.7 Å². The summed E-state index contributed by atoms with van der Waals surface area (Å²) in [6, 6.07) is 1.59. The zero-order chi connectivity index (χ0) is 26.2. The number of carbonyl (C=O) groups is 4. The molecule has 3 amide bonds. The van der Waals surface area contributed by atoms with Crippen LogP contribution >= 0.6 is 0 Å². The lowest BCUT2D eigenvalue weighted by Gasteiger charge is -2.28. The average Bonchev–Trinajstić information content (AvgIpc) is 3.55. The van der Waals surface area contributed by atoms with Crippen molar-refractivity contribution in [2.45, 2.75) is 49.9 Å². The van der Waals surface area contributed by atoms with Crippen molar-refractivity contribution in [2.75, 3.05) is 13.2 Å². The molecule has 1 saturated heterocycles. The van der Waals surface area contributed by atoms with Gasteiger partial charge in [-0.2, -0.15) is 0 Å². The van der Waals surface area contributed by atoms with Crippen LogP contribution in [0.2, 0.25) is 0 Å². The molecule has 0 spiro atoms. The van der Waals surface area contributed by atoms with Crippen LogP contribution in [0.3, 0.4) is 0 Å². The van der Waals surface area contributed by atoms with Gasteiger partial charge in [0.05, 0.1) is 19.0 Å². The molecule has 8 N–H and O–H groups in total. The van der Waals surface area contributed by atoms with Crippen molar-refractivity contribution >= 4 is 23.7 Å². The molecule has 194 valence electrons. The number of nitrogens with two attached hydrogens (primary N) is 1. The Balaban J connectivity index is 1.69. The van der Waals surface area contributed by atoms with E-state index in [2.05, 4.69) is 20.6 Å². The molecular weight excluding hydrogens is 472 g/mol. The molecule has 4 atom stereocenters. The maximum Gasteiger partial charge on any atom is 0.326 e.